The van der Waals surface area contributed by atoms with Gasteiger partial charge >= 0.3 is 0 Å². The molecule has 0 unspecified atom stereocenters. The molecular formula is C11H16N2O4. The molecule has 0 bridgehead atoms. The SMILES string of the molecule is COCc1cc(C(=O)N(CCO)C2CC2)no1. The fourth-order valence-electron chi connectivity index (χ4n) is 1.72. The van der Waals surface area contributed by atoms with Crippen molar-refractivity contribution in [3.63, 3.8) is 0 Å². The Hall–Kier alpha value is -1.40. The van der Waals surface area contributed by atoms with Crippen LogP contribution in [0.1, 0.15) is 29.1 Å². The van der Waals surface area contributed by atoms with Gasteiger partial charge in [-0.1, -0.05) is 5.16 Å². The minimum Gasteiger partial charge on any atom is -0.395 e. The van der Waals surface area contributed by atoms with Gasteiger partial charge in [0.05, 0.1) is 6.61 Å². The molecule has 2 rings (SSSR count). The normalized spacial score (nSPS) is 14.9. The molecule has 1 aromatic heterocycles. The third-order valence-electron chi connectivity index (χ3n) is 2.65. The van der Waals surface area contributed by atoms with E-state index in [9.17, 15) is 4.79 Å². The number of carbonyl (C=O) groups is 1. The summed E-state index contributed by atoms with van der Waals surface area (Å²) in [4.78, 5) is 13.7. The Balaban J connectivity index is 2.05. The summed E-state index contributed by atoms with van der Waals surface area (Å²) in [6.07, 6.45) is 1.99. The zero-order chi connectivity index (χ0) is 12.3. The van der Waals surface area contributed by atoms with E-state index in [1.165, 1.54) is 0 Å². The highest BCUT2D eigenvalue weighted by Gasteiger charge is 2.33. The van der Waals surface area contributed by atoms with Gasteiger partial charge in [0.15, 0.2) is 11.5 Å². The number of aromatic nitrogens is 1. The Bertz CT molecular complexity index is 387. The molecule has 1 amide bonds. The van der Waals surface area contributed by atoms with Crippen LogP contribution in [-0.2, 0) is 11.3 Å². The molecule has 0 aliphatic heterocycles. The lowest BCUT2D eigenvalue weighted by molar-refractivity contribution is 0.0696. The Morgan fingerprint density at radius 1 is 1.71 bits per heavy atom. The second-order valence-corrected chi connectivity index (χ2v) is 4.06. The number of ether oxygens (including phenoxy) is 1. The summed E-state index contributed by atoms with van der Waals surface area (Å²) in [5.74, 6) is 0.336. The molecule has 0 aromatic carbocycles. The number of aliphatic hydroxyl groups is 1. The van der Waals surface area contributed by atoms with Crippen LogP contribution in [0.4, 0.5) is 0 Å². The van der Waals surface area contributed by atoms with Gasteiger partial charge < -0.3 is 19.3 Å². The van der Waals surface area contributed by atoms with Gasteiger partial charge in [0, 0.05) is 25.8 Å². The third-order valence-corrected chi connectivity index (χ3v) is 2.65. The number of amides is 1. The van der Waals surface area contributed by atoms with Crippen LogP contribution in [-0.4, -0.2) is 47.4 Å². The van der Waals surface area contributed by atoms with Gasteiger partial charge in [0.2, 0.25) is 0 Å². The fourth-order valence-corrected chi connectivity index (χ4v) is 1.72. The van der Waals surface area contributed by atoms with Gasteiger partial charge in [-0.05, 0) is 12.8 Å². The van der Waals surface area contributed by atoms with Gasteiger partial charge in [-0.2, -0.15) is 0 Å². The largest absolute Gasteiger partial charge is 0.395 e. The highest BCUT2D eigenvalue weighted by molar-refractivity contribution is 5.92. The lowest BCUT2D eigenvalue weighted by Gasteiger charge is -2.19. The van der Waals surface area contributed by atoms with Crippen LogP contribution in [0.15, 0.2) is 10.6 Å². The van der Waals surface area contributed by atoms with E-state index in [1.54, 1.807) is 18.1 Å². The summed E-state index contributed by atoms with van der Waals surface area (Å²) in [5.41, 5.74) is 0.275. The molecule has 0 radical (unpaired) electrons. The molecule has 1 saturated carbocycles. The number of methoxy groups -OCH3 is 1. The minimum atomic E-state index is -0.187. The number of nitrogens with zero attached hydrogens (tertiary/aromatic N) is 2. The molecule has 1 heterocycles. The Kier molecular flexibility index (Phi) is 3.75. The van der Waals surface area contributed by atoms with Crippen LogP contribution in [0.2, 0.25) is 0 Å². The smallest absolute Gasteiger partial charge is 0.276 e. The first kappa shape index (κ1) is 12.1. The monoisotopic (exact) mass is 240 g/mol. The Labute approximate surface area is 99.1 Å². The van der Waals surface area contributed by atoms with Crippen LogP contribution in [0.5, 0.6) is 0 Å². The van der Waals surface area contributed by atoms with E-state index in [0.29, 0.717) is 18.9 Å². The summed E-state index contributed by atoms with van der Waals surface area (Å²) < 4.78 is 9.86. The van der Waals surface area contributed by atoms with Crippen molar-refractivity contribution in [3.8, 4) is 0 Å². The summed E-state index contributed by atoms with van der Waals surface area (Å²) in [7, 11) is 1.55. The van der Waals surface area contributed by atoms with Crippen molar-refractivity contribution in [1.29, 1.82) is 0 Å². The first-order chi connectivity index (χ1) is 8.26. The van der Waals surface area contributed by atoms with Crippen molar-refractivity contribution in [1.82, 2.24) is 10.1 Å². The minimum absolute atomic E-state index is 0.0367. The molecule has 1 aromatic rings. The molecular weight excluding hydrogens is 224 g/mol. The van der Waals surface area contributed by atoms with Crippen LogP contribution in [0.3, 0.4) is 0 Å². The van der Waals surface area contributed by atoms with E-state index >= 15 is 0 Å². The number of rotatable bonds is 6. The second-order valence-electron chi connectivity index (χ2n) is 4.06. The van der Waals surface area contributed by atoms with Crippen LogP contribution in [0, 0.1) is 0 Å². The maximum absolute atomic E-state index is 12.1. The maximum atomic E-state index is 12.1. The molecule has 1 fully saturated rings. The number of carbonyl (C=O) groups excluding carboxylic acids is 1. The third kappa shape index (κ3) is 2.83. The molecule has 94 valence electrons. The van der Waals surface area contributed by atoms with Crippen molar-refractivity contribution in [2.75, 3.05) is 20.3 Å². The van der Waals surface area contributed by atoms with E-state index in [-0.39, 0.29) is 24.2 Å². The van der Waals surface area contributed by atoms with E-state index < -0.39 is 0 Å². The second kappa shape index (κ2) is 5.29. The summed E-state index contributed by atoms with van der Waals surface area (Å²) >= 11 is 0. The van der Waals surface area contributed by atoms with E-state index in [1.807, 2.05) is 0 Å². The van der Waals surface area contributed by atoms with Crippen molar-refractivity contribution in [3.05, 3.63) is 17.5 Å². The summed E-state index contributed by atoms with van der Waals surface area (Å²) in [6.45, 7) is 0.602. The van der Waals surface area contributed by atoms with Gasteiger partial charge in [0.25, 0.3) is 5.91 Å². The van der Waals surface area contributed by atoms with Crippen molar-refractivity contribution in [2.24, 2.45) is 0 Å². The first-order valence-electron chi connectivity index (χ1n) is 5.62. The highest BCUT2D eigenvalue weighted by Crippen LogP contribution is 2.27. The molecule has 6 nitrogen and oxygen atoms in total. The molecule has 1 aliphatic rings. The van der Waals surface area contributed by atoms with Gasteiger partial charge in [-0.25, -0.2) is 0 Å². The maximum Gasteiger partial charge on any atom is 0.276 e. The molecule has 0 atom stereocenters. The fraction of sp³-hybridized carbons (Fsp3) is 0.636. The van der Waals surface area contributed by atoms with E-state index in [4.69, 9.17) is 14.4 Å². The van der Waals surface area contributed by atoms with Crippen molar-refractivity contribution < 1.29 is 19.2 Å². The zero-order valence-corrected chi connectivity index (χ0v) is 9.76. The molecule has 0 spiro atoms. The van der Waals surface area contributed by atoms with Crippen LogP contribution in [0.25, 0.3) is 0 Å². The van der Waals surface area contributed by atoms with Crippen LogP contribution >= 0.6 is 0 Å². The first-order valence-corrected chi connectivity index (χ1v) is 5.62. The summed E-state index contributed by atoms with van der Waals surface area (Å²) in [6, 6.07) is 1.83. The lowest BCUT2D eigenvalue weighted by Crippen LogP contribution is -2.35. The number of hydrogen-bond donors (Lipinski definition) is 1. The van der Waals surface area contributed by atoms with E-state index in [0.717, 1.165) is 12.8 Å². The standard InChI is InChI=1S/C11H16N2O4/c1-16-7-9-6-10(12-17-9)11(15)13(4-5-14)8-2-3-8/h6,8,14H,2-5,7H2,1H3. The quantitative estimate of drug-likeness (QED) is 0.779. The van der Waals surface area contributed by atoms with Gasteiger partial charge in [0.1, 0.15) is 6.61 Å². The molecule has 0 saturated heterocycles. The molecule has 17 heavy (non-hydrogen) atoms. The topological polar surface area (TPSA) is 75.8 Å². The van der Waals surface area contributed by atoms with Gasteiger partial charge in [-0.15, -0.1) is 0 Å². The predicted molar refractivity (Wildman–Crippen MR) is 58.4 cm³/mol. The summed E-state index contributed by atoms with van der Waals surface area (Å²) in [5, 5.41) is 12.7. The van der Waals surface area contributed by atoms with Crippen LogP contribution < -0.4 is 0 Å². The number of hydrogen-bond acceptors (Lipinski definition) is 5. The average Bonchev–Trinajstić information content (AvgIpc) is 3.06. The predicted octanol–water partition coefficient (Wildman–Crippen LogP) is 0.418. The van der Waals surface area contributed by atoms with Crippen molar-refractivity contribution in [2.45, 2.75) is 25.5 Å². The zero-order valence-electron chi connectivity index (χ0n) is 9.76. The average molecular weight is 240 g/mol. The Morgan fingerprint density at radius 3 is 3.06 bits per heavy atom. The highest BCUT2D eigenvalue weighted by atomic mass is 16.5. The Morgan fingerprint density at radius 2 is 2.47 bits per heavy atom. The number of aliphatic hydroxyl groups excluding tert-OH is 1. The van der Waals surface area contributed by atoms with Crippen molar-refractivity contribution >= 4 is 5.91 Å². The van der Waals surface area contributed by atoms with Gasteiger partial charge in [-0.3, -0.25) is 4.79 Å². The molecule has 1 aliphatic carbocycles. The molecule has 1 N–H and O–H groups in total. The lowest BCUT2D eigenvalue weighted by atomic mass is 10.3. The molecule has 6 heteroatoms. The van der Waals surface area contributed by atoms with E-state index in [2.05, 4.69) is 5.16 Å².